The fourth-order valence-corrected chi connectivity index (χ4v) is 3.14. The van der Waals surface area contributed by atoms with Gasteiger partial charge in [0, 0.05) is 12.5 Å². The zero-order valence-corrected chi connectivity index (χ0v) is 16.2. The molecule has 0 bridgehead atoms. The summed E-state index contributed by atoms with van der Waals surface area (Å²) in [7, 11) is 1.55. The number of methoxy groups -OCH3 is 1. The second kappa shape index (κ2) is 9.41. The lowest BCUT2D eigenvalue weighted by molar-refractivity contribution is -0.277. The zero-order chi connectivity index (χ0) is 21.8. The minimum absolute atomic E-state index is 0.0674. The molecular weight excluding hydrogens is 396 g/mol. The fourth-order valence-electron chi connectivity index (χ4n) is 3.14. The predicted octanol–water partition coefficient (Wildman–Crippen LogP) is 0.00490. The molecule has 0 spiro atoms. The van der Waals surface area contributed by atoms with E-state index in [1.165, 1.54) is 18.2 Å². The number of benzene rings is 2. The van der Waals surface area contributed by atoms with Crippen LogP contribution < -0.4 is 9.47 Å². The lowest BCUT2D eigenvalue weighted by Gasteiger charge is -2.39. The Balaban J connectivity index is 1.69. The smallest absolute Gasteiger partial charge is 0.229 e. The van der Waals surface area contributed by atoms with E-state index < -0.39 is 37.3 Å². The van der Waals surface area contributed by atoms with Gasteiger partial charge in [0.05, 0.1) is 19.3 Å². The predicted molar refractivity (Wildman–Crippen MR) is 104 cm³/mol. The van der Waals surface area contributed by atoms with Gasteiger partial charge >= 0.3 is 0 Å². The van der Waals surface area contributed by atoms with Crippen molar-refractivity contribution in [2.45, 2.75) is 37.1 Å². The van der Waals surface area contributed by atoms with Crippen molar-refractivity contribution in [2.24, 2.45) is 0 Å². The number of phenols is 1. The number of ether oxygens (including phenoxy) is 3. The van der Waals surface area contributed by atoms with Crippen LogP contribution in [0.5, 0.6) is 17.2 Å². The molecule has 1 saturated heterocycles. The molecule has 5 atom stereocenters. The summed E-state index contributed by atoms with van der Waals surface area (Å²) in [6.45, 7) is -0.588. The Morgan fingerprint density at radius 2 is 1.67 bits per heavy atom. The summed E-state index contributed by atoms with van der Waals surface area (Å²) in [5.41, 5.74) is 0.841. The van der Waals surface area contributed by atoms with Crippen molar-refractivity contribution in [1.82, 2.24) is 0 Å². The number of aliphatic hydroxyl groups excluding tert-OH is 4. The van der Waals surface area contributed by atoms with E-state index in [4.69, 9.17) is 14.2 Å². The van der Waals surface area contributed by atoms with Crippen LogP contribution in [0, 0.1) is 0 Å². The number of phenolic OH excluding ortho intramolecular Hbond substituents is 1. The first kappa shape index (κ1) is 22.0. The van der Waals surface area contributed by atoms with Gasteiger partial charge in [-0.2, -0.15) is 0 Å². The molecule has 1 fully saturated rings. The normalized spacial score (nSPS) is 26.2. The van der Waals surface area contributed by atoms with E-state index in [0.29, 0.717) is 5.75 Å². The van der Waals surface area contributed by atoms with E-state index in [1.54, 1.807) is 31.4 Å². The number of ketones is 1. The zero-order valence-electron chi connectivity index (χ0n) is 16.2. The summed E-state index contributed by atoms with van der Waals surface area (Å²) in [6.07, 6.45) is -7.10. The van der Waals surface area contributed by atoms with Crippen LogP contribution in [0.2, 0.25) is 0 Å². The third-order valence-corrected chi connectivity index (χ3v) is 4.89. The fraction of sp³-hybridized carbons (Fsp3) is 0.381. The Hall–Kier alpha value is -2.69. The maximum absolute atomic E-state index is 12.5. The number of rotatable bonds is 7. The third kappa shape index (κ3) is 4.72. The average molecular weight is 420 g/mol. The van der Waals surface area contributed by atoms with Gasteiger partial charge in [0.15, 0.2) is 5.78 Å². The SMILES string of the molecule is COc1ccc(CC(=O)c2ccc(O[C@@H]3O[C@@H](CO)[C@@H](O)[C@@H](O)[C@@H]3O)cc2O)cc1. The Bertz CT molecular complexity index is 865. The lowest BCUT2D eigenvalue weighted by atomic mass is 9.99. The molecule has 0 aliphatic carbocycles. The largest absolute Gasteiger partial charge is 0.507 e. The third-order valence-electron chi connectivity index (χ3n) is 4.89. The molecule has 0 unspecified atom stereocenters. The maximum Gasteiger partial charge on any atom is 0.229 e. The molecule has 2 aromatic rings. The summed E-state index contributed by atoms with van der Waals surface area (Å²) >= 11 is 0. The van der Waals surface area contributed by atoms with Crippen molar-refractivity contribution < 1.29 is 44.5 Å². The Morgan fingerprint density at radius 3 is 2.27 bits per heavy atom. The minimum atomic E-state index is -1.58. The molecule has 0 radical (unpaired) electrons. The molecule has 9 heteroatoms. The van der Waals surface area contributed by atoms with E-state index in [9.17, 15) is 30.3 Å². The van der Waals surface area contributed by atoms with Gasteiger partial charge in [0.25, 0.3) is 0 Å². The van der Waals surface area contributed by atoms with E-state index >= 15 is 0 Å². The van der Waals surface area contributed by atoms with Crippen LogP contribution in [0.3, 0.4) is 0 Å². The Kier molecular flexibility index (Phi) is 6.91. The van der Waals surface area contributed by atoms with E-state index in [0.717, 1.165) is 5.56 Å². The summed E-state index contributed by atoms with van der Waals surface area (Å²) in [6, 6.07) is 10.9. The first-order chi connectivity index (χ1) is 14.3. The van der Waals surface area contributed by atoms with Crippen molar-refractivity contribution in [3.63, 3.8) is 0 Å². The van der Waals surface area contributed by atoms with Crippen molar-refractivity contribution in [1.29, 1.82) is 0 Å². The second-order valence-electron chi connectivity index (χ2n) is 6.94. The van der Waals surface area contributed by atoms with Crippen LogP contribution >= 0.6 is 0 Å². The van der Waals surface area contributed by atoms with Gasteiger partial charge in [0.2, 0.25) is 6.29 Å². The molecule has 30 heavy (non-hydrogen) atoms. The summed E-state index contributed by atoms with van der Waals surface area (Å²) in [4.78, 5) is 12.5. The van der Waals surface area contributed by atoms with Gasteiger partial charge in [0.1, 0.15) is 41.7 Å². The molecule has 1 heterocycles. The van der Waals surface area contributed by atoms with Gasteiger partial charge in [-0.3, -0.25) is 4.79 Å². The Morgan fingerprint density at radius 1 is 1.00 bits per heavy atom. The van der Waals surface area contributed by atoms with E-state index in [-0.39, 0.29) is 29.3 Å². The lowest BCUT2D eigenvalue weighted by Crippen LogP contribution is -2.60. The molecule has 1 aliphatic heterocycles. The quantitative estimate of drug-likeness (QED) is 0.391. The number of hydrogen-bond acceptors (Lipinski definition) is 9. The highest BCUT2D eigenvalue weighted by atomic mass is 16.7. The van der Waals surface area contributed by atoms with E-state index in [1.807, 2.05) is 0 Å². The highest BCUT2D eigenvalue weighted by molar-refractivity contribution is 6.00. The van der Waals surface area contributed by atoms with Gasteiger partial charge < -0.3 is 39.7 Å². The second-order valence-corrected chi connectivity index (χ2v) is 6.94. The number of aliphatic hydroxyl groups is 4. The molecule has 5 N–H and O–H groups in total. The van der Waals surface area contributed by atoms with Crippen LogP contribution in [-0.4, -0.2) is 75.7 Å². The monoisotopic (exact) mass is 420 g/mol. The van der Waals surface area contributed by atoms with Crippen molar-refractivity contribution in [3.8, 4) is 17.2 Å². The van der Waals surface area contributed by atoms with Crippen LogP contribution in [0.25, 0.3) is 0 Å². The highest BCUT2D eigenvalue weighted by Crippen LogP contribution is 2.29. The molecule has 162 valence electrons. The molecule has 0 amide bonds. The highest BCUT2D eigenvalue weighted by Gasteiger charge is 2.44. The average Bonchev–Trinajstić information content (AvgIpc) is 2.74. The van der Waals surface area contributed by atoms with Crippen LogP contribution in [0.4, 0.5) is 0 Å². The standard InChI is InChI=1S/C21H24O9/c1-28-12-4-2-11(3-5-12)8-15(23)14-7-6-13(9-16(14)24)29-21-20(27)19(26)18(25)17(10-22)30-21/h2-7,9,17-22,24-27H,8,10H2,1H3/t17-,18+,19+,20-,21+/m0/s1. The van der Waals surface area contributed by atoms with Crippen molar-refractivity contribution in [2.75, 3.05) is 13.7 Å². The molecule has 2 aromatic carbocycles. The summed E-state index contributed by atoms with van der Waals surface area (Å²) in [5.74, 6) is 0.106. The molecule has 9 nitrogen and oxygen atoms in total. The molecule has 3 rings (SSSR count). The first-order valence-corrected chi connectivity index (χ1v) is 9.30. The van der Waals surface area contributed by atoms with Gasteiger partial charge in [-0.15, -0.1) is 0 Å². The molecule has 0 saturated carbocycles. The number of aromatic hydroxyl groups is 1. The summed E-state index contributed by atoms with van der Waals surface area (Å²) < 4.78 is 15.8. The number of carbonyl (C=O) groups is 1. The van der Waals surface area contributed by atoms with Gasteiger partial charge in [-0.1, -0.05) is 12.1 Å². The molecule has 1 aliphatic rings. The topological polar surface area (TPSA) is 146 Å². The number of Topliss-reactive ketones (excluding diaryl/α,β-unsaturated/α-hetero) is 1. The summed E-state index contributed by atoms with van der Waals surface area (Å²) in [5, 5.41) is 49.1. The van der Waals surface area contributed by atoms with Crippen molar-refractivity contribution in [3.05, 3.63) is 53.6 Å². The van der Waals surface area contributed by atoms with Gasteiger partial charge in [-0.25, -0.2) is 0 Å². The van der Waals surface area contributed by atoms with Crippen LogP contribution in [-0.2, 0) is 11.2 Å². The molecular formula is C21H24O9. The van der Waals surface area contributed by atoms with E-state index in [2.05, 4.69) is 0 Å². The molecule has 0 aromatic heterocycles. The number of hydrogen-bond donors (Lipinski definition) is 5. The minimum Gasteiger partial charge on any atom is -0.507 e. The number of carbonyl (C=O) groups excluding carboxylic acids is 1. The Labute approximate surface area is 172 Å². The van der Waals surface area contributed by atoms with Crippen LogP contribution in [0.15, 0.2) is 42.5 Å². The maximum atomic E-state index is 12.5. The van der Waals surface area contributed by atoms with Crippen molar-refractivity contribution >= 4 is 5.78 Å². The first-order valence-electron chi connectivity index (χ1n) is 9.30. The van der Waals surface area contributed by atoms with Crippen LogP contribution in [0.1, 0.15) is 15.9 Å². The van der Waals surface area contributed by atoms with Gasteiger partial charge in [-0.05, 0) is 29.8 Å².